The number of hydrogen-bond acceptors (Lipinski definition) is 3. The summed E-state index contributed by atoms with van der Waals surface area (Å²) in [6.45, 7) is 5.00. The number of amides is 1. The first-order valence-corrected chi connectivity index (χ1v) is 7.37. The molecule has 1 aliphatic heterocycles. The monoisotopic (exact) mass is 294 g/mol. The topological polar surface area (TPSA) is 41.6 Å². The fourth-order valence-corrected chi connectivity index (χ4v) is 2.48. The normalized spacial score (nSPS) is 21.0. The van der Waals surface area contributed by atoms with Crippen LogP contribution in [-0.4, -0.2) is 50.2 Å². The van der Waals surface area contributed by atoms with Crippen molar-refractivity contribution in [1.29, 1.82) is 0 Å². The summed E-state index contributed by atoms with van der Waals surface area (Å²) < 4.78 is 18.5. The number of benzene rings is 1. The summed E-state index contributed by atoms with van der Waals surface area (Å²) in [5.74, 6) is -0.182. The molecule has 1 heterocycles. The molecule has 1 N–H and O–H groups in total. The van der Waals surface area contributed by atoms with Crippen molar-refractivity contribution in [2.75, 3.05) is 33.3 Å². The Balaban J connectivity index is 1.74. The molecule has 0 unspecified atom stereocenters. The highest BCUT2D eigenvalue weighted by molar-refractivity contribution is 5.76. The van der Waals surface area contributed by atoms with Crippen LogP contribution < -0.4 is 5.32 Å². The Morgan fingerprint density at radius 3 is 2.86 bits per heavy atom. The van der Waals surface area contributed by atoms with Gasteiger partial charge in [-0.2, -0.15) is 0 Å². The van der Waals surface area contributed by atoms with Crippen LogP contribution in [0.15, 0.2) is 24.3 Å². The van der Waals surface area contributed by atoms with Gasteiger partial charge in [-0.1, -0.05) is 19.1 Å². The zero-order valence-corrected chi connectivity index (χ0v) is 12.6. The average Bonchev–Trinajstić information content (AvgIpc) is 2.46. The van der Waals surface area contributed by atoms with E-state index in [9.17, 15) is 9.18 Å². The molecule has 21 heavy (non-hydrogen) atoms. The molecular formula is C16H23FN2O2. The average molecular weight is 294 g/mol. The second-order valence-electron chi connectivity index (χ2n) is 5.72. The van der Waals surface area contributed by atoms with Crippen molar-refractivity contribution in [3.8, 4) is 0 Å². The third-order valence-corrected chi connectivity index (χ3v) is 3.80. The fraction of sp³-hybridized carbons (Fsp3) is 0.562. The molecule has 0 radical (unpaired) electrons. The highest BCUT2D eigenvalue weighted by Crippen LogP contribution is 2.19. The van der Waals surface area contributed by atoms with E-state index in [0.717, 1.165) is 18.7 Å². The van der Waals surface area contributed by atoms with Crippen molar-refractivity contribution in [1.82, 2.24) is 10.2 Å². The Labute approximate surface area is 125 Å². The van der Waals surface area contributed by atoms with Gasteiger partial charge in [0, 0.05) is 26.1 Å². The Morgan fingerprint density at radius 1 is 1.48 bits per heavy atom. The van der Waals surface area contributed by atoms with Crippen molar-refractivity contribution in [2.24, 2.45) is 0 Å². The molecule has 1 amide bonds. The lowest BCUT2D eigenvalue weighted by molar-refractivity contribution is -0.122. The molecule has 1 fully saturated rings. The Morgan fingerprint density at radius 2 is 2.19 bits per heavy atom. The van der Waals surface area contributed by atoms with Gasteiger partial charge in [0.1, 0.15) is 5.82 Å². The molecule has 5 heteroatoms. The van der Waals surface area contributed by atoms with Gasteiger partial charge in [0.15, 0.2) is 0 Å². The third-order valence-electron chi connectivity index (χ3n) is 3.80. The van der Waals surface area contributed by atoms with Crippen LogP contribution in [0.25, 0.3) is 0 Å². The SMILES string of the molecule is C[C@H](CC(=O)NC[C@H]1CN(C)CCO1)c1ccc(F)cc1. The van der Waals surface area contributed by atoms with Gasteiger partial charge in [-0.15, -0.1) is 0 Å². The van der Waals surface area contributed by atoms with Crippen molar-refractivity contribution >= 4 is 5.91 Å². The van der Waals surface area contributed by atoms with Crippen LogP contribution in [0.4, 0.5) is 4.39 Å². The molecule has 0 saturated carbocycles. The van der Waals surface area contributed by atoms with E-state index in [1.165, 1.54) is 12.1 Å². The number of nitrogens with one attached hydrogen (secondary N) is 1. The molecule has 116 valence electrons. The summed E-state index contributed by atoms with van der Waals surface area (Å²) in [4.78, 5) is 14.2. The number of likely N-dealkylation sites (N-methyl/N-ethyl adjacent to an activating group) is 1. The van der Waals surface area contributed by atoms with Crippen molar-refractivity contribution in [3.05, 3.63) is 35.6 Å². The molecular weight excluding hydrogens is 271 g/mol. The van der Waals surface area contributed by atoms with Crippen LogP contribution in [-0.2, 0) is 9.53 Å². The van der Waals surface area contributed by atoms with Gasteiger partial charge >= 0.3 is 0 Å². The van der Waals surface area contributed by atoms with E-state index in [1.54, 1.807) is 12.1 Å². The van der Waals surface area contributed by atoms with Crippen molar-refractivity contribution < 1.29 is 13.9 Å². The number of nitrogens with zero attached hydrogens (tertiary/aromatic N) is 1. The molecule has 0 aliphatic carbocycles. The maximum Gasteiger partial charge on any atom is 0.220 e. The number of carbonyl (C=O) groups is 1. The standard InChI is InChI=1S/C16H23FN2O2/c1-12(13-3-5-14(17)6-4-13)9-16(20)18-10-15-11-19(2)7-8-21-15/h3-6,12,15H,7-11H2,1-2H3,(H,18,20)/t12-,15+/m1/s1. The van der Waals surface area contributed by atoms with Crippen molar-refractivity contribution in [2.45, 2.75) is 25.4 Å². The first-order valence-electron chi connectivity index (χ1n) is 7.37. The first-order chi connectivity index (χ1) is 10.0. The highest BCUT2D eigenvalue weighted by Gasteiger charge is 2.19. The molecule has 1 aromatic rings. The van der Waals surface area contributed by atoms with Gasteiger partial charge in [-0.05, 0) is 30.7 Å². The van der Waals surface area contributed by atoms with Crippen LogP contribution in [0.2, 0.25) is 0 Å². The molecule has 2 atom stereocenters. The van der Waals surface area contributed by atoms with Crippen LogP contribution in [0.5, 0.6) is 0 Å². The minimum absolute atomic E-state index is 0.00338. The summed E-state index contributed by atoms with van der Waals surface area (Å²) in [5, 5.41) is 2.92. The van der Waals surface area contributed by atoms with Crippen LogP contribution in [0, 0.1) is 5.82 Å². The third kappa shape index (κ3) is 5.10. The first kappa shape index (κ1) is 15.9. The summed E-state index contributed by atoms with van der Waals surface area (Å²) in [6, 6.07) is 6.31. The predicted molar refractivity (Wildman–Crippen MR) is 79.7 cm³/mol. The summed E-state index contributed by atoms with van der Waals surface area (Å²) in [7, 11) is 2.05. The maximum absolute atomic E-state index is 12.9. The minimum Gasteiger partial charge on any atom is -0.374 e. The number of morpholine rings is 1. The van der Waals surface area contributed by atoms with Crippen LogP contribution in [0.1, 0.15) is 24.8 Å². The Kier molecular flexibility index (Phi) is 5.70. The number of hydrogen-bond donors (Lipinski definition) is 1. The molecule has 2 rings (SSSR count). The van der Waals surface area contributed by atoms with Crippen LogP contribution >= 0.6 is 0 Å². The number of carbonyl (C=O) groups excluding carboxylic acids is 1. The summed E-state index contributed by atoms with van der Waals surface area (Å²) in [6.07, 6.45) is 0.461. The van der Waals surface area contributed by atoms with Gasteiger partial charge in [0.25, 0.3) is 0 Å². The van der Waals surface area contributed by atoms with Crippen LogP contribution in [0.3, 0.4) is 0 Å². The van der Waals surface area contributed by atoms with E-state index >= 15 is 0 Å². The Bertz CT molecular complexity index is 464. The van der Waals surface area contributed by atoms with E-state index in [4.69, 9.17) is 4.74 Å². The minimum atomic E-state index is -0.256. The zero-order chi connectivity index (χ0) is 15.2. The molecule has 1 aliphatic rings. The number of halogens is 1. The quantitative estimate of drug-likeness (QED) is 0.900. The van der Waals surface area contributed by atoms with E-state index in [1.807, 2.05) is 14.0 Å². The van der Waals surface area contributed by atoms with Gasteiger partial charge in [0.05, 0.1) is 12.7 Å². The lowest BCUT2D eigenvalue weighted by atomic mass is 9.97. The number of ether oxygens (including phenoxy) is 1. The lowest BCUT2D eigenvalue weighted by Crippen LogP contribution is -2.46. The van der Waals surface area contributed by atoms with Gasteiger partial charge in [-0.3, -0.25) is 4.79 Å². The molecule has 0 spiro atoms. The van der Waals surface area contributed by atoms with E-state index in [2.05, 4.69) is 10.2 Å². The van der Waals surface area contributed by atoms with Crippen molar-refractivity contribution in [3.63, 3.8) is 0 Å². The zero-order valence-electron chi connectivity index (χ0n) is 12.6. The summed E-state index contributed by atoms with van der Waals surface area (Å²) >= 11 is 0. The fourth-order valence-electron chi connectivity index (χ4n) is 2.48. The van der Waals surface area contributed by atoms with E-state index < -0.39 is 0 Å². The smallest absolute Gasteiger partial charge is 0.220 e. The highest BCUT2D eigenvalue weighted by atomic mass is 19.1. The maximum atomic E-state index is 12.9. The number of rotatable bonds is 5. The van der Waals surface area contributed by atoms with E-state index in [0.29, 0.717) is 19.6 Å². The second-order valence-corrected chi connectivity index (χ2v) is 5.72. The lowest BCUT2D eigenvalue weighted by Gasteiger charge is -2.30. The largest absolute Gasteiger partial charge is 0.374 e. The van der Waals surface area contributed by atoms with Gasteiger partial charge < -0.3 is 15.0 Å². The molecule has 0 bridgehead atoms. The molecule has 0 aromatic heterocycles. The van der Waals surface area contributed by atoms with Gasteiger partial charge in [-0.25, -0.2) is 4.39 Å². The second kappa shape index (κ2) is 7.52. The molecule has 1 aromatic carbocycles. The Hall–Kier alpha value is -1.46. The molecule has 4 nitrogen and oxygen atoms in total. The molecule has 1 saturated heterocycles. The summed E-state index contributed by atoms with van der Waals surface area (Å²) in [5.41, 5.74) is 0.972. The predicted octanol–water partition coefficient (Wildman–Crippen LogP) is 1.77. The van der Waals surface area contributed by atoms with Gasteiger partial charge in [0.2, 0.25) is 5.91 Å². The van der Waals surface area contributed by atoms with E-state index in [-0.39, 0.29) is 23.7 Å².